The van der Waals surface area contributed by atoms with Crippen molar-refractivity contribution in [3.05, 3.63) is 65.2 Å². The van der Waals surface area contributed by atoms with Crippen molar-refractivity contribution in [3.8, 4) is 0 Å². The number of rotatable bonds is 0. The second kappa shape index (κ2) is 3.70. The Morgan fingerprint density at radius 3 is 2.55 bits per heavy atom. The Bertz CT molecular complexity index is 842. The number of hydrogen-bond donors (Lipinski definition) is 0. The molecule has 0 saturated carbocycles. The minimum atomic E-state index is -3.56. The molecule has 2 aromatic carbocycles. The van der Waals surface area contributed by atoms with Gasteiger partial charge in [-0.25, -0.2) is 8.42 Å². The molecule has 2 aromatic rings. The number of carbonyl (C=O) groups is 1. The van der Waals surface area contributed by atoms with Gasteiger partial charge in [0, 0.05) is 17.7 Å². The highest BCUT2D eigenvalue weighted by molar-refractivity contribution is 7.91. The quantitative estimate of drug-likeness (QED) is 0.745. The van der Waals surface area contributed by atoms with Crippen LogP contribution in [0.15, 0.2) is 53.4 Å². The third-order valence-electron chi connectivity index (χ3n) is 3.91. The fourth-order valence-corrected chi connectivity index (χ4v) is 5.09. The lowest BCUT2D eigenvalue weighted by atomic mass is 10.1. The van der Waals surface area contributed by atoms with Gasteiger partial charge in [0.15, 0.2) is 5.37 Å². The zero-order valence-electron chi connectivity index (χ0n) is 10.5. The van der Waals surface area contributed by atoms with Gasteiger partial charge in [0.2, 0.25) is 9.84 Å². The van der Waals surface area contributed by atoms with Crippen LogP contribution in [0.3, 0.4) is 0 Å². The van der Waals surface area contributed by atoms with Gasteiger partial charge in [-0.3, -0.25) is 4.79 Å². The zero-order chi connectivity index (χ0) is 13.9. The van der Waals surface area contributed by atoms with E-state index in [2.05, 4.69) is 0 Å². The molecule has 100 valence electrons. The largest absolute Gasteiger partial charge is 0.313 e. The van der Waals surface area contributed by atoms with E-state index in [0.717, 1.165) is 0 Å². The van der Waals surface area contributed by atoms with Crippen molar-refractivity contribution in [2.75, 3.05) is 0 Å². The van der Waals surface area contributed by atoms with E-state index in [1.54, 1.807) is 48.5 Å². The maximum absolute atomic E-state index is 12.8. The average Bonchev–Trinajstić information content (AvgIpc) is 2.74. The second-order valence-corrected chi connectivity index (χ2v) is 7.00. The normalized spacial score (nSPS) is 22.1. The van der Waals surface area contributed by atoms with Crippen LogP contribution in [0.5, 0.6) is 0 Å². The molecule has 2 aliphatic heterocycles. The predicted molar refractivity (Wildman–Crippen MR) is 72.7 cm³/mol. The van der Waals surface area contributed by atoms with Gasteiger partial charge in [0.1, 0.15) is 0 Å². The highest BCUT2D eigenvalue weighted by atomic mass is 32.2. The van der Waals surface area contributed by atoms with Crippen LogP contribution in [0.25, 0.3) is 0 Å². The second-order valence-electron chi connectivity index (χ2n) is 5.03. The summed E-state index contributed by atoms with van der Waals surface area (Å²) in [6, 6.07) is 13.8. The molecular weight excluding hydrogens is 274 g/mol. The lowest BCUT2D eigenvalue weighted by Gasteiger charge is -2.31. The molecule has 5 heteroatoms. The fraction of sp³-hybridized carbons (Fsp3) is 0.133. The summed E-state index contributed by atoms with van der Waals surface area (Å²) < 4.78 is 25.6. The van der Waals surface area contributed by atoms with Gasteiger partial charge >= 0.3 is 0 Å². The van der Waals surface area contributed by atoms with Crippen molar-refractivity contribution in [3.63, 3.8) is 0 Å². The van der Waals surface area contributed by atoms with Gasteiger partial charge in [-0.1, -0.05) is 36.4 Å². The Balaban J connectivity index is 2.02. The molecule has 2 aliphatic rings. The molecule has 1 atom stereocenters. The SMILES string of the molecule is O=C1c2ccccc2C2N1Cc1ccccc1S2(=O)=O. The van der Waals surface area contributed by atoms with Gasteiger partial charge in [-0.05, 0) is 17.7 Å². The maximum Gasteiger partial charge on any atom is 0.255 e. The van der Waals surface area contributed by atoms with E-state index >= 15 is 0 Å². The number of hydrogen-bond acceptors (Lipinski definition) is 3. The zero-order valence-corrected chi connectivity index (χ0v) is 11.3. The Kier molecular flexibility index (Phi) is 2.16. The molecule has 0 saturated heterocycles. The van der Waals surface area contributed by atoms with Crippen LogP contribution in [0.2, 0.25) is 0 Å². The van der Waals surface area contributed by atoms with Crippen molar-refractivity contribution < 1.29 is 13.2 Å². The smallest absolute Gasteiger partial charge is 0.255 e. The van der Waals surface area contributed by atoms with Gasteiger partial charge in [-0.15, -0.1) is 0 Å². The van der Waals surface area contributed by atoms with Crippen LogP contribution in [0.4, 0.5) is 0 Å². The Labute approximate surface area is 116 Å². The third-order valence-corrected chi connectivity index (χ3v) is 6.02. The van der Waals surface area contributed by atoms with Crippen LogP contribution in [-0.4, -0.2) is 19.2 Å². The van der Waals surface area contributed by atoms with Gasteiger partial charge in [0.25, 0.3) is 5.91 Å². The van der Waals surface area contributed by atoms with E-state index in [1.807, 2.05) is 0 Å². The molecule has 0 N–H and O–H groups in total. The fourth-order valence-electron chi connectivity index (χ4n) is 3.04. The van der Waals surface area contributed by atoms with E-state index in [0.29, 0.717) is 28.1 Å². The monoisotopic (exact) mass is 285 g/mol. The molecular formula is C15H11NO3S. The molecule has 1 amide bonds. The number of amides is 1. The summed E-state index contributed by atoms with van der Waals surface area (Å²) in [6.45, 7) is 0.341. The van der Waals surface area contributed by atoms with Gasteiger partial charge in [-0.2, -0.15) is 0 Å². The van der Waals surface area contributed by atoms with Crippen LogP contribution in [0, 0.1) is 0 Å². The standard InChI is InChI=1S/C15H11NO3S/c17-14-11-6-2-3-7-12(11)15-16(14)9-10-5-1-4-8-13(10)20(15,18)19/h1-8,15H,9H2. The van der Waals surface area contributed by atoms with Gasteiger partial charge < -0.3 is 4.90 Å². The molecule has 0 aromatic heterocycles. The predicted octanol–water partition coefficient (Wildman–Crippen LogP) is 2.13. The van der Waals surface area contributed by atoms with Crippen LogP contribution >= 0.6 is 0 Å². The summed E-state index contributed by atoms with van der Waals surface area (Å²) in [5.74, 6) is -0.205. The van der Waals surface area contributed by atoms with Crippen molar-refractivity contribution in [2.24, 2.45) is 0 Å². The molecule has 0 aliphatic carbocycles. The van der Waals surface area contributed by atoms with Crippen LogP contribution < -0.4 is 0 Å². The minimum Gasteiger partial charge on any atom is -0.313 e. The van der Waals surface area contributed by atoms with Crippen LogP contribution in [-0.2, 0) is 16.4 Å². The lowest BCUT2D eigenvalue weighted by molar-refractivity contribution is 0.0749. The first-order chi connectivity index (χ1) is 9.60. The van der Waals surface area contributed by atoms with E-state index in [-0.39, 0.29) is 5.91 Å². The number of fused-ring (bicyclic) bond motifs is 4. The molecule has 0 bridgehead atoms. The summed E-state index contributed by atoms with van der Waals surface area (Å²) in [4.78, 5) is 14.2. The first kappa shape index (κ1) is 11.7. The molecule has 2 heterocycles. The summed E-state index contributed by atoms with van der Waals surface area (Å²) in [5.41, 5.74) is 1.77. The molecule has 20 heavy (non-hydrogen) atoms. The lowest BCUT2D eigenvalue weighted by Crippen LogP contribution is -2.36. The molecule has 0 spiro atoms. The Morgan fingerprint density at radius 2 is 1.70 bits per heavy atom. The molecule has 4 nitrogen and oxygen atoms in total. The number of sulfone groups is 1. The minimum absolute atomic E-state index is 0.205. The number of benzene rings is 2. The summed E-state index contributed by atoms with van der Waals surface area (Å²) in [7, 11) is -3.56. The Morgan fingerprint density at radius 1 is 1.00 bits per heavy atom. The first-order valence-corrected chi connectivity index (χ1v) is 7.87. The van der Waals surface area contributed by atoms with E-state index in [4.69, 9.17) is 0 Å². The average molecular weight is 285 g/mol. The molecule has 0 radical (unpaired) electrons. The highest BCUT2D eigenvalue weighted by Gasteiger charge is 2.48. The topological polar surface area (TPSA) is 54.5 Å². The molecule has 4 rings (SSSR count). The van der Waals surface area contributed by atoms with Crippen molar-refractivity contribution in [1.82, 2.24) is 4.90 Å². The highest BCUT2D eigenvalue weighted by Crippen LogP contribution is 2.45. The maximum atomic E-state index is 12.8. The van der Waals surface area contributed by atoms with Crippen molar-refractivity contribution >= 4 is 15.7 Å². The van der Waals surface area contributed by atoms with E-state index in [9.17, 15) is 13.2 Å². The van der Waals surface area contributed by atoms with Crippen molar-refractivity contribution in [2.45, 2.75) is 16.8 Å². The first-order valence-electron chi connectivity index (χ1n) is 6.32. The number of carbonyl (C=O) groups excluding carboxylic acids is 1. The Hall–Kier alpha value is -2.14. The molecule has 0 fully saturated rings. The number of nitrogens with zero attached hydrogens (tertiary/aromatic N) is 1. The van der Waals surface area contributed by atoms with E-state index in [1.165, 1.54) is 4.90 Å². The summed E-state index contributed by atoms with van der Waals surface area (Å²) in [5, 5.41) is -0.874. The summed E-state index contributed by atoms with van der Waals surface area (Å²) >= 11 is 0. The van der Waals surface area contributed by atoms with E-state index < -0.39 is 15.2 Å². The third kappa shape index (κ3) is 1.30. The van der Waals surface area contributed by atoms with Crippen LogP contribution in [0.1, 0.15) is 26.9 Å². The van der Waals surface area contributed by atoms with Crippen molar-refractivity contribution in [1.29, 1.82) is 0 Å². The summed E-state index contributed by atoms with van der Waals surface area (Å²) in [6.07, 6.45) is 0. The van der Waals surface area contributed by atoms with Gasteiger partial charge in [0.05, 0.1) is 4.90 Å². The molecule has 1 unspecified atom stereocenters.